The van der Waals surface area contributed by atoms with Gasteiger partial charge in [-0.15, -0.1) is 0 Å². The summed E-state index contributed by atoms with van der Waals surface area (Å²) in [6.07, 6.45) is -0.459. The molecular weight excluding hydrogens is 266 g/mol. The van der Waals surface area contributed by atoms with E-state index in [0.717, 1.165) is 38.4 Å². The lowest BCUT2D eigenvalue weighted by Gasteiger charge is -2.39. The Bertz CT molecular complexity index is 564. The number of ketones is 1. The normalized spacial score (nSPS) is 23.4. The Morgan fingerprint density at radius 2 is 1.86 bits per heavy atom. The van der Waals surface area contributed by atoms with Gasteiger partial charge in [0.15, 0.2) is 6.17 Å². The summed E-state index contributed by atoms with van der Waals surface area (Å²) >= 11 is 0. The van der Waals surface area contributed by atoms with Gasteiger partial charge in [-0.25, -0.2) is 0 Å². The Morgan fingerprint density at radius 1 is 1.19 bits per heavy atom. The van der Waals surface area contributed by atoms with Gasteiger partial charge in [-0.3, -0.25) is 19.4 Å². The van der Waals surface area contributed by atoms with E-state index in [1.165, 1.54) is 6.92 Å². The molecule has 0 radical (unpaired) electrons. The molecule has 1 saturated heterocycles. The number of likely N-dealkylation sites (N-methyl/N-ethyl adjacent to an activating group) is 1. The third kappa shape index (κ3) is 2.36. The van der Waals surface area contributed by atoms with Crippen molar-refractivity contribution >= 4 is 17.4 Å². The number of fused-ring (bicyclic) bond motifs is 1. The molecule has 0 aromatic heterocycles. The van der Waals surface area contributed by atoms with E-state index in [9.17, 15) is 9.59 Å². The summed E-state index contributed by atoms with van der Waals surface area (Å²) in [5, 5.41) is 0. The summed E-state index contributed by atoms with van der Waals surface area (Å²) in [6, 6.07) is 7.40. The number of hydrogen-bond acceptors (Lipinski definition) is 4. The second-order valence-electron chi connectivity index (χ2n) is 5.61. The number of nitrogens with zero attached hydrogens (tertiary/aromatic N) is 3. The Kier molecular flexibility index (Phi) is 3.78. The van der Waals surface area contributed by atoms with Gasteiger partial charge >= 0.3 is 0 Å². The molecule has 1 aromatic rings. The minimum atomic E-state index is -0.459. The Hall–Kier alpha value is -1.72. The second kappa shape index (κ2) is 5.58. The Balaban J connectivity index is 1.89. The topological polar surface area (TPSA) is 43.9 Å². The lowest BCUT2D eigenvalue weighted by molar-refractivity contribution is -0.117. The molecule has 0 saturated carbocycles. The summed E-state index contributed by atoms with van der Waals surface area (Å²) in [5.41, 5.74) is 1.41. The maximum absolute atomic E-state index is 12.7. The SMILES string of the molecule is CCN1CCN([C@@H]2C(=O)c3ccccc3N2C(C)=O)CC1. The molecule has 0 aliphatic carbocycles. The van der Waals surface area contributed by atoms with Crippen LogP contribution in [-0.4, -0.2) is 60.4 Å². The summed E-state index contributed by atoms with van der Waals surface area (Å²) < 4.78 is 0. The first-order chi connectivity index (χ1) is 10.1. The molecule has 1 atom stereocenters. The van der Waals surface area contributed by atoms with E-state index in [-0.39, 0.29) is 11.7 Å². The molecule has 5 nitrogen and oxygen atoms in total. The summed E-state index contributed by atoms with van der Waals surface area (Å²) in [5.74, 6) is -0.0260. The van der Waals surface area contributed by atoms with Crippen LogP contribution in [0.15, 0.2) is 24.3 Å². The maximum Gasteiger partial charge on any atom is 0.225 e. The van der Waals surface area contributed by atoms with Crippen LogP contribution in [0.1, 0.15) is 24.2 Å². The molecule has 1 amide bonds. The highest BCUT2D eigenvalue weighted by atomic mass is 16.2. The van der Waals surface area contributed by atoms with Gasteiger partial charge in [0.05, 0.1) is 5.69 Å². The molecule has 2 aliphatic heterocycles. The molecule has 0 N–H and O–H groups in total. The van der Waals surface area contributed by atoms with Crippen LogP contribution in [0.5, 0.6) is 0 Å². The summed E-state index contributed by atoms with van der Waals surface area (Å²) in [6.45, 7) is 8.25. The quantitative estimate of drug-likeness (QED) is 0.820. The first kappa shape index (κ1) is 14.2. The maximum atomic E-state index is 12.7. The highest BCUT2D eigenvalue weighted by Crippen LogP contribution is 2.33. The fourth-order valence-corrected chi connectivity index (χ4v) is 3.28. The van der Waals surface area contributed by atoms with E-state index >= 15 is 0 Å². The number of amides is 1. The van der Waals surface area contributed by atoms with Gasteiger partial charge in [0, 0.05) is 38.7 Å². The molecule has 1 fully saturated rings. The van der Waals surface area contributed by atoms with Gasteiger partial charge in [-0.2, -0.15) is 0 Å². The van der Waals surface area contributed by atoms with Crippen molar-refractivity contribution in [2.45, 2.75) is 20.0 Å². The van der Waals surface area contributed by atoms with Crippen molar-refractivity contribution in [3.8, 4) is 0 Å². The van der Waals surface area contributed by atoms with Crippen molar-refractivity contribution in [3.05, 3.63) is 29.8 Å². The number of piperazine rings is 1. The number of para-hydroxylation sites is 1. The first-order valence-electron chi connectivity index (χ1n) is 7.53. The standard InChI is InChI=1S/C16H21N3O2/c1-3-17-8-10-18(11-9-17)16-15(21)13-6-4-5-7-14(13)19(16)12(2)20/h4-7,16H,3,8-11H2,1-2H3/t16-/m0/s1. The summed E-state index contributed by atoms with van der Waals surface area (Å²) in [7, 11) is 0. The first-order valence-corrected chi connectivity index (χ1v) is 7.53. The number of rotatable bonds is 2. The van der Waals surface area contributed by atoms with Crippen molar-refractivity contribution in [2.24, 2.45) is 0 Å². The fraction of sp³-hybridized carbons (Fsp3) is 0.500. The van der Waals surface area contributed by atoms with Crippen molar-refractivity contribution < 1.29 is 9.59 Å². The smallest absolute Gasteiger partial charge is 0.225 e. The molecule has 1 aromatic carbocycles. The van der Waals surface area contributed by atoms with Gasteiger partial charge in [0.1, 0.15) is 0 Å². The number of anilines is 1. The van der Waals surface area contributed by atoms with Crippen molar-refractivity contribution in [3.63, 3.8) is 0 Å². The lowest BCUT2D eigenvalue weighted by Crippen LogP contribution is -2.57. The number of benzene rings is 1. The van der Waals surface area contributed by atoms with E-state index in [1.54, 1.807) is 4.90 Å². The zero-order chi connectivity index (χ0) is 15.0. The third-order valence-corrected chi connectivity index (χ3v) is 4.45. The van der Waals surface area contributed by atoms with E-state index in [1.807, 2.05) is 24.3 Å². The molecule has 112 valence electrons. The van der Waals surface area contributed by atoms with Crippen molar-refractivity contribution in [1.82, 2.24) is 9.80 Å². The largest absolute Gasteiger partial charge is 0.301 e. The number of hydrogen-bond donors (Lipinski definition) is 0. The monoisotopic (exact) mass is 287 g/mol. The molecule has 0 spiro atoms. The molecule has 3 rings (SSSR count). The molecule has 2 heterocycles. The van der Waals surface area contributed by atoms with Crippen molar-refractivity contribution in [2.75, 3.05) is 37.6 Å². The minimum absolute atomic E-state index is 0.0470. The van der Waals surface area contributed by atoms with Crippen LogP contribution >= 0.6 is 0 Å². The number of carbonyl (C=O) groups excluding carboxylic acids is 2. The molecule has 5 heteroatoms. The average Bonchev–Trinajstić information content (AvgIpc) is 2.81. The summed E-state index contributed by atoms with van der Waals surface area (Å²) in [4.78, 5) is 30.9. The van der Waals surface area contributed by atoms with Gasteiger partial charge < -0.3 is 4.90 Å². The highest BCUT2D eigenvalue weighted by Gasteiger charge is 2.43. The second-order valence-corrected chi connectivity index (χ2v) is 5.61. The Morgan fingerprint density at radius 3 is 2.48 bits per heavy atom. The van der Waals surface area contributed by atoms with Crippen molar-refractivity contribution in [1.29, 1.82) is 0 Å². The van der Waals surface area contributed by atoms with E-state index in [4.69, 9.17) is 0 Å². The van der Waals surface area contributed by atoms with Gasteiger partial charge in [-0.1, -0.05) is 19.1 Å². The van der Waals surface area contributed by atoms with E-state index < -0.39 is 6.17 Å². The van der Waals surface area contributed by atoms with Crippen LogP contribution in [-0.2, 0) is 4.79 Å². The molecule has 21 heavy (non-hydrogen) atoms. The third-order valence-electron chi connectivity index (χ3n) is 4.45. The van der Waals surface area contributed by atoms with Gasteiger partial charge in [0.2, 0.25) is 11.7 Å². The van der Waals surface area contributed by atoms with Crippen LogP contribution in [0.25, 0.3) is 0 Å². The van der Waals surface area contributed by atoms with Crippen LogP contribution in [0, 0.1) is 0 Å². The molecule has 0 unspecified atom stereocenters. The van der Waals surface area contributed by atoms with E-state index in [2.05, 4.69) is 16.7 Å². The molecule has 2 aliphatic rings. The number of Topliss-reactive ketones (excluding diaryl/α,β-unsaturated/α-hetero) is 1. The molecule has 0 bridgehead atoms. The van der Waals surface area contributed by atoms with Crippen LogP contribution in [0.3, 0.4) is 0 Å². The lowest BCUT2D eigenvalue weighted by atomic mass is 10.1. The predicted octanol–water partition coefficient (Wildman–Crippen LogP) is 1.20. The van der Waals surface area contributed by atoms with Crippen LogP contribution < -0.4 is 4.90 Å². The van der Waals surface area contributed by atoms with Crippen LogP contribution in [0.2, 0.25) is 0 Å². The highest BCUT2D eigenvalue weighted by molar-refractivity contribution is 6.17. The van der Waals surface area contributed by atoms with Crippen LogP contribution in [0.4, 0.5) is 5.69 Å². The van der Waals surface area contributed by atoms with E-state index in [0.29, 0.717) is 5.56 Å². The predicted molar refractivity (Wildman–Crippen MR) is 81.4 cm³/mol. The van der Waals surface area contributed by atoms with Gasteiger partial charge in [0.25, 0.3) is 0 Å². The molecular formula is C16H21N3O2. The minimum Gasteiger partial charge on any atom is -0.301 e. The average molecular weight is 287 g/mol. The van der Waals surface area contributed by atoms with Gasteiger partial charge in [-0.05, 0) is 18.7 Å². The zero-order valence-corrected chi connectivity index (χ0v) is 12.6. The number of carbonyl (C=O) groups is 2. The zero-order valence-electron chi connectivity index (χ0n) is 12.6. The Labute approximate surface area is 125 Å². The fourth-order valence-electron chi connectivity index (χ4n) is 3.28.